The quantitative estimate of drug-likeness (QED) is 0.737. The number of nitrogens with zero attached hydrogens (tertiary/aromatic N) is 5. The largest absolute Gasteiger partial charge is 0.368 e. The molecule has 0 aliphatic heterocycles. The van der Waals surface area contributed by atoms with Crippen molar-refractivity contribution in [2.24, 2.45) is 7.05 Å². The van der Waals surface area contributed by atoms with Crippen LogP contribution in [0.2, 0.25) is 0 Å². The summed E-state index contributed by atoms with van der Waals surface area (Å²) >= 11 is 0. The second kappa shape index (κ2) is 4.44. The molecule has 0 spiro atoms. The second-order valence-electron chi connectivity index (χ2n) is 3.91. The highest BCUT2D eigenvalue weighted by Crippen LogP contribution is 2.18. The van der Waals surface area contributed by atoms with Gasteiger partial charge in [0.15, 0.2) is 11.6 Å². The maximum Gasteiger partial charge on any atom is 0.213 e. The van der Waals surface area contributed by atoms with Gasteiger partial charge in [0, 0.05) is 26.2 Å². The fraction of sp³-hybridized carbons (Fsp3) is 0.273. The van der Waals surface area contributed by atoms with E-state index in [4.69, 9.17) is 0 Å². The number of aryl methyl sites for hydroxylation is 1. The SMILES string of the molecule is Cn1cnc2c(NCCc3ncon3)nccc21. The Kier molecular flexibility index (Phi) is 2.64. The van der Waals surface area contributed by atoms with E-state index in [-0.39, 0.29) is 0 Å². The molecule has 0 amide bonds. The maximum atomic E-state index is 4.67. The highest BCUT2D eigenvalue weighted by molar-refractivity contribution is 5.85. The van der Waals surface area contributed by atoms with Crippen molar-refractivity contribution in [2.45, 2.75) is 6.42 Å². The number of imidazole rings is 1. The van der Waals surface area contributed by atoms with Crippen molar-refractivity contribution in [2.75, 3.05) is 11.9 Å². The van der Waals surface area contributed by atoms with Gasteiger partial charge in [-0.05, 0) is 6.07 Å². The monoisotopic (exact) mass is 244 g/mol. The first-order valence-electron chi connectivity index (χ1n) is 5.60. The van der Waals surface area contributed by atoms with Crippen LogP contribution >= 0.6 is 0 Å². The van der Waals surface area contributed by atoms with Crippen LogP contribution in [0.25, 0.3) is 11.0 Å². The van der Waals surface area contributed by atoms with Gasteiger partial charge in [0.25, 0.3) is 0 Å². The summed E-state index contributed by atoms with van der Waals surface area (Å²) in [4.78, 5) is 12.6. The van der Waals surface area contributed by atoms with E-state index in [2.05, 4.69) is 29.9 Å². The van der Waals surface area contributed by atoms with Crippen LogP contribution in [-0.4, -0.2) is 31.2 Å². The summed E-state index contributed by atoms with van der Waals surface area (Å²) in [6.45, 7) is 0.683. The minimum absolute atomic E-state index is 0.677. The number of rotatable bonds is 4. The van der Waals surface area contributed by atoms with Crippen molar-refractivity contribution >= 4 is 16.9 Å². The minimum Gasteiger partial charge on any atom is -0.368 e. The molecular weight excluding hydrogens is 232 g/mol. The topological polar surface area (TPSA) is 81.7 Å². The molecule has 3 heterocycles. The van der Waals surface area contributed by atoms with Gasteiger partial charge < -0.3 is 14.4 Å². The van der Waals surface area contributed by atoms with Crippen molar-refractivity contribution in [3.63, 3.8) is 0 Å². The van der Waals surface area contributed by atoms with Crippen LogP contribution in [0.4, 0.5) is 5.82 Å². The highest BCUT2D eigenvalue weighted by atomic mass is 16.5. The van der Waals surface area contributed by atoms with Gasteiger partial charge in [-0.25, -0.2) is 9.97 Å². The highest BCUT2D eigenvalue weighted by Gasteiger charge is 2.06. The van der Waals surface area contributed by atoms with Crippen molar-refractivity contribution < 1.29 is 4.52 Å². The van der Waals surface area contributed by atoms with Gasteiger partial charge in [-0.2, -0.15) is 4.98 Å². The lowest BCUT2D eigenvalue weighted by molar-refractivity contribution is 0.410. The fourth-order valence-electron chi connectivity index (χ4n) is 1.79. The van der Waals surface area contributed by atoms with Crippen molar-refractivity contribution in [1.29, 1.82) is 0 Å². The van der Waals surface area contributed by atoms with Gasteiger partial charge in [0.05, 0.1) is 11.8 Å². The van der Waals surface area contributed by atoms with Crippen LogP contribution in [0.1, 0.15) is 5.82 Å². The van der Waals surface area contributed by atoms with E-state index < -0.39 is 0 Å². The molecule has 0 aliphatic carbocycles. The van der Waals surface area contributed by atoms with Gasteiger partial charge >= 0.3 is 0 Å². The predicted molar refractivity (Wildman–Crippen MR) is 65.0 cm³/mol. The molecule has 0 atom stereocenters. The van der Waals surface area contributed by atoms with Crippen molar-refractivity contribution in [3.8, 4) is 0 Å². The van der Waals surface area contributed by atoms with Gasteiger partial charge in [-0.15, -0.1) is 0 Å². The molecule has 0 radical (unpaired) electrons. The van der Waals surface area contributed by atoms with Crippen molar-refractivity contribution in [3.05, 3.63) is 30.8 Å². The van der Waals surface area contributed by atoms with Gasteiger partial charge in [-0.3, -0.25) is 0 Å². The lowest BCUT2D eigenvalue weighted by Gasteiger charge is -2.04. The normalized spacial score (nSPS) is 10.9. The zero-order valence-corrected chi connectivity index (χ0v) is 9.87. The fourth-order valence-corrected chi connectivity index (χ4v) is 1.79. The first-order chi connectivity index (χ1) is 8.84. The molecule has 18 heavy (non-hydrogen) atoms. The van der Waals surface area contributed by atoms with Crippen LogP contribution in [0.15, 0.2) is 29.5 Å². The Morgan fingerprint density at radius 1 is 1.33 bits per heavy atom. The van der Waals surface area contributed by atoms with E-state index in [0.29, 0.717) is 18.8 Å². The van der Waals surface area contributed by atoms with Crippen LogP contribution in [0.3, 0.4) is 0 Å². The summed E-state index contributed by atoms with van der Waals surface area (Å²) in [5.41, 5.74) is 1.92. The molecule has 3 rings (SSSR count). The van der Waals surface area contributed by atoms with Crippen LogP contribution in [0.5, 0.6) is 0 Å². The number of fused-ring (bicyclic) bond motifs is 1. The maximum absolute atomic E-state index is 4.67. The molecule has 0 unspecified atom stereocenters. The molecule has 0 bridgehead atoms. The Bertz CT molecular complexity index is 645. The molecule has 0 aliphatic rings. The summed E-state index contributed by atoms with van der Waals surface area (Å²) in [5.74, 6) is 1.45. The number of nitrogens with one attached hydrogen (secondary N) is 1. The van der Waals surface area contributed by atoms with Crippen LogP contribution in [-0.2, 0) is 13.5 Å². The average molecular weight is 244 g/mol. The van der Waals surface area contributed by atoms with E-state index >= 15 is 0 Å². The minimum atomic E-state index is 0.677. The molecule has 3 aromatic heterocycles. The molecule has 0 saturated carbocycles. The number of anilines is 1. The van der Waals surface area contributed by atoms with E-state index in [1.54, 1.807) is 12.5 Å². The summed E-state index contributed by atoms with van der Waals surface area (Å²) in [7, 11) is 1.96. The first kappa shape index (κ1) is 10.7. The van der Waals surface area contributed by atoms with Crippen LogP contribution < -0.4 is 5.32 Å². The van der Waals surface area contributed by atoms with E-state index in [1.807, 2.05) is 17.7 Å². The predicted octanol–water partition coefficient (Wildman–Crippen LogP) is 1.01. The second-order valence-corrected chi connectivity index (χ2v) is 3.91. The number of hydrogen-bond acceptors (Lipinski definition) is 6. The third kappa shape index (κ3) is 1.90. The smallest absolute Gasteiger partial charge is 0.213 e. The number of aromatic nitrogens is 5. The van der Waals surface area contributed by atoms with Gasteiger partial charge in [-0.1, -0.05) is 5.16 Å². The third-order valence-electron chi connectivity index (χ3n) is 2.69. The summed E-state index contributed by atoms with van der Waals surface area (Å²) in [6, 6.07) is 1.94. The summed E-state index contributed by atoms with van der Waals surface area (Å²) < 4.78 is 6.63. The third-order valence-corrected chi connectivity index (χ3v) is 2.69. The van der Waals surface area contributed by atoms with Gasteiger partial charge in [0.2, 0.25) is 6.39 Å². The zero-order chi connectivity index (χ0) is 12.4. The Labute approximate surface area is 103 Å². The average Bonchev–Trinajstić information content (AvgIpc) is 3.01. The number of pyridine rings is 1. The van der Waals surface area contributed by atoms with Crippen molar-refractivity contribution in [1.82, 2.24) is 24.7 Å². The van der Waals surface area contributed by atoms with Crippen LogP contribution in [0, 0.1) is 0 Å². The Balaban J connectivity index is 1.74. The molecule has 7 nitrogen and oxygen atoms in total. The lowest BCUT2D eigenvalue weighted by Crippen LogP contribution is -2.07. The number of hydrogen-bond donors (Lipinski definition) is 1. The van der Waals surface area contributed by atoms with E-state index in [1.165, 1.54) is 6.39 Å². The molecular formula is C11H12N6O. The Morgan fingerprint density at radius 2 is 2.28 bits per heavy atom. The lowest BCUT2D eigenvalue weighted by atomic mass is 10.3. The summed E-state index contributed by atoms with van der Waals surface area (Å²) in [6.07, 6.45) is 5.55. The van der Waals surface area contributed by atoms with E-state index in [0.717, 1.165) is 16.9 Å². The Hall–Kier alpha value is -2.44. The molecule has 1 N–H and O–H groups in total. The standard InChI is InChI=1S/C11H12N6O/c1-17-6-14-10-8(17)2-4-12-11(10)13-5-3-9-15-7-18-16-9/h2,4,6-7H,3,5H2,1H3,(H,12,13). The zero-order valence-electron chi connectivity index (χ0n) is 9.87. The molecule has 0 fully saturated rings. The summed E-state index contributed by atoms with van der Waals surface area (Å²) in [5, 5.41) is 6.98. The molecule has 92 valence electrons. The Morgan fingerprint density at radius 3 is 3.11 bits per heavy atom. The molecule has 3 aromatic rings. The van der Waals surface area contributed by atoms with E-state index in [9.17, 15) is 0 Å². The first-order valence-corrected chi connectivity index (χ1v) is 5.60. The molecule has 7 heteroatoms. The molecule has 0 saturated heterocycles. The molecule has 0 aromatic carbocycles. The van der Waals surface area contributed by atoms with Gasteiger partial charge in [0.1, 0.15) is 5.52 Å².